The van der Waals surface area contributed by atoms with Gasteiger partial charge < -0.3 is 24.2 Å². The van der Waals surface area contributed by atoms with Crippen LogP contribution in [0.15, 0.2) is 47.4 Å². The average Bonchev–Trinajstić information content (AvgIpc) is 3.12. The summed E-state index contributed by atoms with van der Waals surface area (Å²) in [6.07, 6.45) is -0.366. The molecule has 13 heteroatoms. The molecule has 0 radical (unpaired) electrons. The van der Waals surface area contributed by atoms with Crippen LogP contribution in [0.2, 0.25) is 5.02 Å². The molecular formula is C24H26ClFN2O8S. The highest BCUT2D eigenvalue weighted by atomic mass is 35.5. The second-order valence-corrected chi connectivity index (χ2v) is 11.0. The second-order valence-electron chi connectivity index (χ2n) is 8.81. The summed E-state index contributed by atoms with van der Waals surface area (Å²) in [5.74, 6) is -1.46. The maximum atomic E-state index is 13.6. The molecule has 2 aromatic carbocycles. The van der Waals surface area contributed by atoms with Crippen LogP contribution in [0.4, 0.5) is 9.18 Å². The summed E-state index contributed by atoms with van der Waals surface area (Å²) < 4.78 is 57.1. The number of fused-ring (bicyclic) bond motifs is 2. The lowest BCUT2D eigenvalue weighted by molar-refractivity contribution is -0.150. The molecule has 2 saturated heterocycles. The molecule has 1 N–H and O–H groups in total. The van der Waals surface area contributed by atoms with Crippen molar-refractivity contribution in [3.8, 4) is 5.75 Å². The van der Waals surface area contributed by atoms with Crippen molar-refractivity contribution in [3.05, 3.63) is 58.9 Å². The van der Waals surface area contributed by atoms with Crippen LogP contribution in [0.3, 0.4) is 0 Å². The standard InChI is InChI=1S/C24H26ClFN2O8S/c1-34-10-11-35-23(31)27-13-18-8-9-24(15-27,22(29)30)28(18)37(32,33)20-6-4-19(5-7-20)36-14-16-2-3-17(26)12-21(16)25/h2-7,12,18H,8-11,13-15H2,1H3,(H,29,30). The van der Waals surface area contributed by atoms with Crippen LogP contribution in [-0.2, 0) is 30.9 Å². The minimum atomic E-state index is -4.23. The minimum absolute atomic E-state index is 0.000366. The van der Waals surface area contributed by atoms with Gasteiger partial charge in [-0.1, -0.05) is 17.7 Å². The van der Waals surface area contributed by atoms with Crippen molar-refractivity contribution in [3.63, 3.8) is 0 Å². The average molecular weight is 557 g/mol. The largest absolute Gasteiger partial charge is 0.489 e. The van der Waals surface area contributed by atoms with E-state index in [0.29, 0.717) is 11.3 Å². The van der Waals surface area contributed by atoms with E-state index < -0.39 is 39.5 Å². The number of sulfonamides is 1. The zero-order chi connectivity index (χ0) is 26.8. The van der Waals surface area contributed by atoms with E-state index in [2.05, 4.69) is 0 Å². The third-order valence-electron chi connectivity index (χ3n) is 6.49. The van der Waals surface area contributed by atoms with Crippen molar-refractivity contribution in [2.45, 2.75) is 35.9 Å². The first kappa shape index (κ1) is 27.1. The number of hydrogen-bond donors (Lipinski definition) is 1. The van der Waals surface area contributed by atoms with Gasteiger partial charge in [0.2, 0.25) is 10.0 Å². The summed E-state index contributed by atoms with van der Waals surface area (Å²) in [6, 6.07) is 8.75. The molecule has 2 heterocycles. The number of carboxylic acid groups (broad SMARTS) is 1. The molecule has 2 aromatic rings. The lowest BCUT2D eigenvalue weighted by Gasteiger charge is -2.44. The maximum absolute atomic E-state index is 13.6. The molecule has 1 amide bonds. The molecule has 10 nitrogen and oxygen atoms in total. The number of nitrogens with zero attached hydrogens (tertiary/aromatic N) is 2. The summed E-state index contributed by atoms with van der Waals surface area (Å²) >= 11 is 6.01. The molecule has 0 aliphatic carbocycles. The molecule has 2 aliphatic rings. The molecule has 2 aliphatic heterocycles. The Bertz CT molecular complexity index is 1280. The van der Waals surface area contributed by atoms with Gasteiger partial charge in [0.25, 0.3) is 0 Å². The Hall–Kier alpha value is -2.93. The molecule has 2 bridgehead atoms. The monoisotopic (exact) mass is 556 g/mol. The fourth-order valence-electron chi connectivity index (χ4n) is 4.69. The van der Waals surface area contributed by atoms with Crippen molar-refractivity contribution >= 4 is 33.7 Å². The zero-order valence-corrected chi connectivity index (χ0v) is 21.5. The highest BCUT2D eigenvalue weighted by Crippen LogP contribution is 2.43. The van der Waals surface area contributed by atoms with E-state index in [0.717, 1.165) is 4.31 Å². The van der Waals surface area contributed by atoms with Gasteiger partial charge >= 0.3 is 12.1 Å². The molecule has 2 fully saturated rings. The van der Waals surface area contributed by atoms with Crippen LogP contribution >= 0.6 is 11.6 Å². The van der Waals surface area contributed by atoms with Crippen LogP contribution in [0.5, 0.6) is 5.75 Å². The van der Waals surface area contributed by atoms with Gasteiger partial charge in [-0.15, -0.1) is 0 Å². The number of carbonyl (C=O) groups excluding carboxylic acids is 1. The topological polar surface area (TPSA) is 123 Å². The number of methoxy groups -OCH3 is 1. The van der Waals surface area contributed by atoms with Gasteiger partial charge in [-0.25, -0.2) is 17.6 Å². The number of amides is 1. The smallest absolute Gasteiger partial charge is 0.409 e. The molecule has 0 aromatic heterocycles. The van der Waals surface area contributed by atoms with Crippen LogP contribution in [0.1, 0.15) is 18.4 Å². The summed E-state index contributed by atoms with van der Waals surface area (Å²) in [4.78, 5) is 26.0. The summed E-state index contributed by atoms with van der Waals surface area (Å²) in [5.41, 5.74) is -1.25. The molecule has 0 saturated carbocycles. The summed E-state index contributed by atoms with van der Waals surface area (Å²) in [6.45, 7) is -0.0916. The fraction of sp³-hybridized carbons (Fsp3) is 0.417. The van der Waals surface area contributed by atoms with E-state index in [1.165, 1.54) is 54.5 Å². The van der Waals surface area contributed by atoms with E-state index in [4.69, 9.17) is 25.8 Å². The molecule has 2 atom stereocenters. The quantitative estimate of drug-likeness (QED) is 0.467. The SMILES string of the molecule is COCCOC(=O)N1CC2CCC(C(=O)O)(C1)N2S(=O)(=O)c1ccc(OCc2ccc(F)cc2Cl)cc1. The van der Waals surface area contributed by atoms with Gasteiger partial charge in [-0.05, 0) is 49.2 Å². The first-order valence-corrected chi connectivity index (χ1v) is 13.3. The maximum Gasteiger partial charge on any atom is 0.409 e. The normalized spacial score (nSPS) is 21.6. The Morgan fingerprint density at radius 3 is 2.57 bits per heavy atom. The first-order chi connectivity index (χ1) is 17.6. The van der Waals surface area contributed by atoms with Crippen molar-refractivity contribution in [1.82, 2.24) is 9.21 Å². The lowest BCUT2D eigenvalue weighted by atomic mass is 9.97. The number of rotatable bonds is 9. The first-order valence-electron chi connectivity index (χ1n) is 11.4. The van der Waals surface area contributed by atoms with Crippen LogP contribution in [0, 0.1) is 5.82 Å². The Morgan fingerprint density at radius 2 is 1.92 bits per heavy atom. The number of aliphatic carboxylic acids is 1. The number of carbonyl (C=O) groups is 2. The van der Waals surface area contributed by atoms with E-state index in [9.17, 15) is 27.5 Å². The number of likely N-dealkylation sites (tertiary alicyclic amines) is 1. The lowest BCUT2D eigenvalue weighted by Crippen LogP contribution is -2.67. The van der Waals surface area contributed by atoms with E-state index in [1.54, 1.807) is 0 Å². The zero-order valence-electron chi connectivity index (χ0n) is 19.9. The van der Waals surface area contributed by atoms with Crippen molar-refractivity contribution in [2.75, 3.05) is 33.4 Å². The van der Waals surface area contributed by atoms with Gasteiger partial charge in [-0.3, -0.25) is 4.79 Å². The van der Waals surface area contributed by atoms with E-state index in [1.807, 2.05) is 0 Å². The van der Waals surface area contributed by atoms with Crippen molar-refractivity contribution in [1.29, 1.82) is 0 Å². The Kier molecular flexibility index (Phi) is 7.93. The third-order valence-corrected chi connectivity index (χ3v) is 8.87. The van der Waals surface area contributed by atoms with E-state index >= 15 is 0 Å². The molecule has 4 rings (SSSR count). The van der Waals surface area contributed by atoms with Crippen molar-refractivity contribution in [2.24, 2.45) is 0 Å². The van der Waals surface area contributed by atoms with Gasteiger partial charge in [0.1, 0.15) is 24.8 Å². The van der Waals surface area contributed by atoms with Crippen molar-refractivity contribution < 1.29 is 41.7 Å². The fourth-order valence-corrected chi connectivity index (χ4v) is 6.87. The molecule has 2 unspecified atom stereocenters. The number of benzene rings is 2. The van der Waals surface area contributed by atoms with Gasteiger partial charge in [0, 0.05) is 25.3 Å². The number of hydrogen-bond acceptors (Lipinski definition) is 7. The van der Waals surface area contributed by atoms with Gasteiger partial charge in [0.05, 0.1) is 23.1 Å². The highest BCUT2D eigenvalue weighted by molar-refractivity contribution is 7.89. The number of carboxylic acids is 1. The number of piperazine rings is 1. The summed E-state index contributed by atoms with van der Waals surface area (Å²) in [5, 5.41) is 10.3. The Labute approximate surface area is 218 Å². The predicted molar refractivity (Wildman–Crippen MR) is 129 cm³/mol. The Morgan fingerprint density at radius 1 is 1.19 bits per heavy atom. The molecular weight excluding hydrogens is 531 g/mol. The highest BCUT2D eigenvalue weighted by Gasteiger charge is 2.62. The minimum Gasteiger partial charge on any atom is -0.489 e. The van der Waals surface area contributed by atoms with E-state index in [-0.39, 0.29) is 55.7 Å². The summed E-state index contributed by atoms with van der Waals surface area (Å²) in [7, 11) is -2.78. The Balaban J connectivity index is 1.51. The third kappa shape index (κ3) is 5.37. The predicted octanol–water partition coefficient (Wildman–Crippen LogP) is 3.13. The molecule has 0 spiro atoms. The van der Waals surface area contributed by atoms with Crippen LogP contribution < -0.4 is 4.74 Å². The van der Waals surface area contributed by atoms with Gasteiger partial charge in [0.15, 0.2) is 5.54 Å². The van der Waals surface area contributed by atoms with Gasteiger partial charge in [-0.2, -0.15) is 4.31 Å². The number of halogens is 2. The number of ether oxygens (including phenoxy) is 3. The van der Waals surface area contributed by atoms with Crippen LogP contribution in [0.25, 0.3) is 0 Å². The second kappa shape index (κ2) is 10.8. The molecule has 200 valence electrons. The molecule has 37 heavy (non-hydrogen) atoms. The van der Waals surface area contributed by atoms with Crippen LogP contribution in [-0.4, -0.2) is 79.8 Å².